The van der Waals surface area contributed by atoms with Crippen LogP contribution in [0, 0.1) is 0 Å². The van der Waals surface area contributed by atoms with E-state index in [0.29, 0.717) is 12.6 Å². The summed E-state index contributed by atoms with van der Waals surface area (Å²) in [6, 6.07) is 8.49. The van der Waals surface area contributed by atoms with E-state index in [1.165, 1.54) is 5.56 Å². The third-order valence-corrected chi connectivity index (χ3v) is 3.24. The second-order valence-corrected chi connectivity index (χ2v) is 5.02. The van der Waals surface area contributed by atoms with Crippen molar-refractivity contribution in [1.82, 2.24) is 15.1 Å². The molecular weight excluding hydrogens is 250 g/mol. The fraction of sp³-hybridized carbons (Fsp3) is 0.438. The van der Waals surface area contributed by atoms with E-state index in [9.17, 15) is 0 Å². The van der Waals surface area contributed by atoms with Crippen LogP contribution in [0.15, 0.2) is 36.7 Å². The van der Waals surface area contributed by atoms with E-state index in [0.717, 1.165) is 24.3 Å². The Kier molecular flexibility index (Phi) is 5.18. The normalized spacial score (nSPS) is 12.3. The van der Waals surface area contributed by atoms with Crippen molar-refractivity contribution in [3.8, 4) is 5.75 Å². The summed E-state index contributed by atoms with van der Waals surface area (Å²) in [6.45, 7) is 5.90. The largest absolute Gasteiger partial charge is 0.488 e. The van der Waals surface area contributed by atoms with Gasteiger partial charge in [0.2, 0.25) is 0 Å². The maximum Gasteiger partial charge on any atom is 0.124 e. The van der Waals surface area contributed by atoms with Crippen molar-refractivity contribution in [1.29, 1.82) is 0 Å². The van der Waals surface area contributed by atoms with Gasteiger partial charge in [0.15, 0.2) is 0 Å². The molecule has 0 saturated carbocycles. The Hall–Kier alpha value is -1.81. The fourth-order valence-corrected chi connectivity index (χ4v) is 2.15. The van der Waals surface area contributed by atoms with Crippen molar-refractivity contribution in [2.24, 2.45) is 7.05 Å². The van der Waals surface area contributed by atoms with Crippen molar-refractivity contribution >= 4 is 0 Å². The lowest BCUT2D eigenvalue weighted by Gasteiger charge is -2.17. The topological polar surface area (TPSA) is 39.1 Å². The zero-order valence-electron chi connectivity index (χ0n) is 12.5. The first-order chi connectivity index (χ1) is 9.70. The van der Waals surface area contributed by atoms with Gasteiger partial charge in [-0.1, -0.05) is 25.1 Å². The van der Waals surface area contributed by atoms with Crippen LogP contribution in [0.5, 0.6) is 5.75 Å². The molecule has 2 rings (SSSR count). The zero-order chi connectivity index (χ0) is 14.4. The smallest absolute Gasteiger partial charge is 0.124 e. The summed E-state index contributed by atoms with van der Waals surface area (Å²) in [7, 11) is 1.91. The highest BCUT2D eigenvalue weighted by Gasteiger charge is 2.10. The van der Waals surface area contributed by atoms with Crippen LogP contribution in [0.4, 0.5) is 0 Å². The highest BCUT2D eigenvalue weighted by molar-refractivity contribution is 5.35. The Morgan fingerprint density at radius 2 is 2.15 bits per heavy atom. The third kappa shape index (κ3) is 3.84. The second-order valence-electron chi connectivity index (χ2n) is 5.02. The first-order valence-electron chi connectivity index (χ1n) is 7.13. The van der Waals surface area contributed by atoms with E-state index in [1.54, 1.807) is 4.68 Å². The zero-order valence-corrected chi connectivity index (χ0v) is 12.5. The lowest BCUT2D eigenvalue weighted by atomic mass is 10.1. The van der Waals surface area contributed by atoms with Gasteiger partial charge in [0.05, 0.1) is 6.20 Å². The van der Waals surface area contributed by atoms with Crippen molar-refractivity contribution in [3.05, 3.63) is 47.8 Å². The fourth-order valence-electron chi connectivity index (χ4n) is 2.15. The van der Waals surface area contributed by atoms with Crippen LogP contribution in [0.2, 0.25) is 0 Å². The molecule has 1 aromatic heterocycles. The lowest BCUT2D eigenvalue weighted by molar-refractivity contribution is 0.299. The Labute approximate surface area is 120 Å². The van der Waals surface area contributed by atoms with Gasteiger partial charge >= 0.3 is 0 Å². The molecule has 0 fully saturated rings. The Morgan fingerprint density at radius 3 is 2.85 bits per heavy atom. The summed E-state index contributed by atoms with van der Waals surface area (Å²) < 4.78 is 7.73. The molecule has 4 heteroatoms. The molecule has 1 heterocycles. The van der Waals surface area contributed by atoms with Gasteiger partial charge in [0.25, 0.3) is 0 Å². The Balaban J connectivity index is 2.03. The molecule has 0 aliphatic carbocycles. The highest BCUT2D eigenvalue weighted by atomic mass is 16.5. The van der Waals surface area contributed by atoms with Crippen LogP contribution in [-0.2, 0) is 13.7 Å². The summed E-state index contributed by atoms with van der Waals surface area (Å²) in [4.78, 5) is 0. The van der Waals surface area contributed by atoms with Crippen LogP contribution >= 0.6 is 0 Å². The SMILES string of the molecule is CCCNC(C)c1ccccc1OCc1cnn(C)c1. The predicted molar refractivity (Wildman–Crippen MR) is 80.7 cm³/mol. The van der Waals surface area contributed by atoms with Crippen molar-refractivity contribution in [2.75, 3.05) is 6.54 Å². The van der Waals surface area contributed by atoms with Crippen molar-refractivity contribution in [2.45, 2.75) is 32.9 Å². The number of aryl methyl sites for hydroxylation is 1. The van der Waals surface area contributed by atoms with Gasteiger partial charge in [-0.3, -0.25) is 4.68 Å². The van der Waals surface area contributed by atoms with Gasteiger partial charge in [0.1, 0.15) is 12.4 Å². The molecule has 1 N–H and O–H groups in total. The summed E-state index contributed by atoms with van der Waals surface area (Å²) in [5, 5.41) is 7.65. The van der Waals surface area contributed by atoms with E-state index < -0.39 is 0 Å². The first-order valence-corrected chi connectivity index (χ1v) is 7.13. The maximum atomic E-state index is 5.94. The van der Waals surface area contributed by atoms with E-state index in [1.807, 2.05) is 31.6 Å². The monoisotopic (exact) mass is 273 g/mol. The molecule has 1 atom stereocenters. The average Bonchev–Trinajstić information content (AvgIpc) is 2.88. The molecular formula is C16H23N3O. The van der Waals surface area contributed by atoms with E-state index in [-0.39, 0.29) is 0 Å². The molecule has 0 bridgehead atoms. The molecule has 0 aliphatic heterocycles. The number of ether oxygens (including phenoxy) is 1. The van der Waals surface area contributed by atoms with E-state index in [4.69, 9.17) is 4.74 Å². The minimum absolute atomic E-state index is 0.292. The minimum atomic E-state index is 0.292. The molecule has 0 radical (unpaired) electrons. The van der Waals surface area contributed by atoms with Crippen molar-refractivity contribution in [3.63, 3.8) is 0 Å². The summed E-state index contributed by atoms with van der Waals surface area (Å²) in [5.41, 5.74) is 2.28. The molecule has 20 heavy (non-hydrogen) atoms. The van der Waals surface area contributed by atoms with Crippen LogP contribution < -0.4 is 10.1 Å². The summed E-state index contributed by atoms with van der Waals surface area (Å²) >= 11 is 0. The highest BCUT2D eigenvalue weighted by Crippen LogP contribution is 2.25. The molecule has 2 aromatic rings. The first kappa shape index (κ1) is 14.6. The number of hydrogen-bond donors (Lipinski definition) is 1. The van der Waals surface area contributed by atoms with Gasteiger partial charge < -0.3 is 10.1 Å². The van der Waals surface area contributed by atoms with E-state index >= 15 is 0 Å². The third-order valence-electron chi connectivity index (χ3n) is 3.24. The number of nitrogens with one attached hydrogen (secondary N) is 1. The van der Waals surface area contributed by atoms with Gasteiger partial charge in [-0.2, -0.15) is 5.10 Å². The molecule has 0 aliphatic rings. The number of benzene rings is 1. The van der Waals surface area contributed by atoms with Crippen molar-refractivity contribution < 1.29 is 4.74 Å². The Bertz CT molecular complexity index is 536. The van der Waals surface area contributed by atoms with E-state index in [2.05, 4.69) is 36.4 Å². The number of hydrogen-bond acceptors (Lipinski definition) is 3. The summed E-state index contributed by atoms with van der Waals surface area (Å²) in [6.07, 6.45) is 4.94. The molecule has 4 nitrogen and oxygen atoms in total. The van der Waals surface area contributed by atoms with Gasteiger partial charge in [0, 0.05) is 30.4 Å². The van der Waals surface area contributed by atoms with Gasteiger partial charge in [-0.25, -0.2) is 0 Å². The second kappa shape index (κ2) is 7.10. The van der Waals surface area contributed by atoms with Gasteiger partial charge in [-0.05, 0) is 26.0 Å². The quantitative estimate of drug-likeness (QED) is 0.842. The molecule has 1 unspecified atom stereocenters. The molecule has 108 valence electrons. The Morgan fingerprint density at radius 1 is 1.35 bits per heavy atom. The molecule has 0 amide bonds. The summed E-state index contributed by atoms with van der Waals surface area (Å²) in [5.74, 6) is 0.937. The number of rotatable bonds is 7. The molecule has 0 spiro atoms. The van der Waals surface area contributed by atoms with Gasteiger partial charge in [-0.15, -0.1) is 0 Å². The maximum absolute atomic E-state index is 5.94. The minimum Gasteiger partial charge on any atom is -0.488 e. The molecule has 0 saturated heterocycles. The van der Waals surface area contributed by atoms with Crippen LogP contribution in [-0.4, -0.2) is 16.3 Å². The predicted octanol–water partition coefficient (Wildman–Crippen LogP) is 3.06. The average molecular weight is 273 g/mol. The number of nitrogens with zero attached hydrogens (tertiary/aromatic N) is 2. The van der Waals surface area contributed by atoms with Crippen LogP contribution in [0.3, 0.4) is 0 Å². The standard InChI is InChI=1S/C16H23N3O/c1-4-9-17-13(2)15-7-5-6-8-16(15)20-12-14-10-18-19(3)11-14/h5-8,10-11,13,17H,4,9,12H2,1-3H3. The number of para-hydroxylation sites is 1. The lowest BCUT2D eigenvalue weighted by Crippen LogP contribution is -2.19. The van der Waals surface area contributed by atoms with Crippen LogP contribution in [0.25, 0.3) is 0 Å². The van der Waals surface area contributed by atoms with Crippen LogP contribution in [0.1, 0.15) is 37.4 Å². The number of aromatic nitrogens is 2. The molecule has 1 aromatic carbocycles.